The van der Waals surface area contributed by atoms with Crippen LogP contribution < -0.4 is 10.0 Å². The van der Waals surface area contributed by atoms with Gasteiger partial charge in [0.25, 0.3) is 15.9 Å². The minimum absolute atomic E-state index is 0.101. The molecule has 1 atom stereocenters. The summed E-state index contributed by atoms with van der Waals surface area (Å²) in [7, 11) is -4.37. The highest BCUT2D eigenvalue weighted by Crippen LogP contribution is 2.36. The third kappa shape index (κ3) is 6.80. The molecule has 0 aliphatic rings. The average Bonchev–Trinajstić information content (AvgIpc) is 2.81. The van der Waals surface area contributed by atoms with E-state index in [1.165, 1.54) is 24.3 Å². The van der Waals surface area contributed by atoms with Gasteiger partial charge in [0, 0.05) is 11.3 Å². The van der Waals surface area contributed by atoms with Crippen molar-refractivity contribution in [2.75, 3.05) is 4.72 Å². The molecule has 0 fully saturated rings. The highest BCUT2D eigenvalue weighted by atomic mass is 35.5. The Bertz CT molecular complexity index is 1420. The molecule has 3 N–H and O–H groups in total. The van der Waals surface area contributed by atoms with Gasteiger partial charge in [0.2, 0.25) is 0 Å². The van der Waals surface area contributed by atoms with E-state index in [2.05, 4.69) is 10.0 Å². The molecule has 1 amide bonds. The number of sulfonamides is 1. The molecule has 3 rings (SSSR count). The number of alkyl halides is 3. The summed E-state index contributed by atoms with van der Waals surface area (Å²) in [5.41, 5.74) is 0.240. The Labute approximate surface area is 216 Å². The first kappa shape index (κ1) is 28.0. The van der Waals surface area contributed by atoms with E-state index in [-0.39, 0.29) is 17.2 Å². The summed E-state index contributed by atoms with van der Waals surface area (Å²) in [5, 5.41) is 11.1. The summed E-state index contributed by atoms with van der Waals surface area (Å²) in [5.74, 6) is -2.03. The molecular formula is C25H22ClF3N2O5S. The Kier molecular flexibility index (Phi) is 8.19. The highest BCUT2D eigenvalue weighted by Gasteiger charge is 2.34. The van der Waals surface area contributed by atoms with Gasteiger partial charge in [-0.05, 0) is 59.5 Å². The molecule has 0 spiro atoms. The highest BCUT2D eigenvalue weighted by molar-refractivity contribution is 7.92. The number of carboxylic acids is 1. The maximum atomic E-state index is 13.1. The Balaban J connectivity index is 1.81. The van der Waals surface area contributed by atoms with Gasteiger partial charge in [-0.15, -0.1) is 0 Å². The van der Waals surface area contributed by atoms with E-state index >= 15 is 0 Å². The number of amides is 1. The lowest BCUT2D eigenvalue weighted by atomic mass is 10.0. The minimum Gasteiger partial charge on any atom is -0.480 e. The molecule has 3 aromatic carbocycles. The summed E-state index contributed by atoms with van der Waals surface area (Å²) in [6.45, 7) is 3.34. The predicted molar refractivity (Wildman–Crippen MR) is 133 cm³/mol. The lowest BCUT2D eigenvalue weighted by Gasteiger charge is -2.18. The SMILES string of the molecule is CC(C)C(NC(=O)c1ccc(-c2cccc(NS(=O)(=O)c3ccc(Cl)c(C(F)(F)F)c3)c2)cc1)C(=O)O. The molecule has 0 bridgehead atoms. The van der Waals surface area contributed by atoms with Crippen molar-refractivity contribution in [3.63, 3.8) is 0 Å². The van der Waals surface area contributed by atoms with Gasteiger partial charge in [0.1, 0.15) is 6.04 Å². The van der Waals surface area contributed by atoms with Gasteiger partial charge in [-0.25, -0.2) is 13.2 Å². The standard InChI is InChI=1S/C25H22ClF3N2O5S/c1-14(2)22(24(33)34)30-23(32)16-8-6-15(7-9-16)17-4-3-5-18(12-17)31-37(35,36)19-10-11-21(26)20(13-19)25(27,28)29/h3-14,22,31H,1-2H3,(H,30,32)(H,33,34). The maximum Gasteiger partial charge on any atom is 0.417 e. The summed E-state index contributed by atoms with van der Waals surface area (Å²) in [4.78, 5) is 23.2. The summed E-state index contributed by atoms with van der Waals surface area (Å²) in [6, 6.07) is 13.6. The lowest BCUT2D eigenvalue weighted by Crippen LogP contribution is -2.44. The fourth-order valence-corrected chi connectivity index (χ4v) is 4.72. The molecule has 0 heterocycles. The smallest absolute Gasteiger partial charge is 0.417 e. The lowest BCUT2D eigenvalue weighted by molar-refractivity contribution is -0.140. The number of carbonyl (C=O) groups excluding carboxylic acids is 1. The molecule has 7 nitrogen and oxygen atoms in total. The third-order valence-electron chi connectivity index (χ3n) is 5.37. The normalized spacial score (nSPS) is 12.7. The molecule has 0 radical (unpaired) electrons. The Hall–Kier alpha value is -3.57. The molecule has 37 heavy (non-hydrogen) atoms. The first-order valence-corrected chi connectivity index (χ1v) is 12.7. The number of hydrogen-bond donors (Lipinski definition) is 3. The molecule has 12 heteroatoms. The zero-order valence-corrected chi connectivity index (χ0v) is 21.1. The zero-order valence-electron chi connectivity index (χ0n) is 19.5. The van der Waals surface area contributed by atoms with Crippen LogP contribution in [0.25, 0.3) is 11.1 Å². The molecule has 0 aliphatic carbocycles. The van der Waals surface area contributed by atoms with Crippen molar-refractivity contribution >= 4 is 39.2 Å². The van der Waals surface area contributed by atoms with Crippen molar-refractivity contribution in [1.29, 1.82) is 0 Å². The van der Waals surface area contributed by atoms with E-state index in [0.29, 0.717) is 17.2 Å². The fraction of sp³-hybridized carbons (Fsp3) is 0.200. The van der Waals surface area contributed by atoms with Crippen LogP contribution in [0.5, 0.6) is 0 Å². The van der Waals surface area contributed by atoms with Crippen molar-refractivity contribution in [3.05, 3.63) is 82.9 Å². The topological polar surface area (TPSA) is 113 Å². The van der Waals surface area contributed by atoms with Gasteiger partial charge >= 0.3 is 12.1 Å². The Morgan fingerprint density at radius 3 is 2.16 bits per heavy atom. The number of carbonyl (C=O) groups is 2. The fourth-order valence-electron chi connectivity index (χ4n) is 3.42. The number of nitrogens with one attached hydrogen (secondary N) is 2. The van der Waals surface area contributed by atoms with Crippen LogP contribution in [0.1, 0.15) is 29.8 Å². The van der Waals surface area contributed by atoms with Crippen molar-refractivity contribution in [2.45, 2.75) is 31.0 Å². The Morgan fingerprint density at radius 2 is 1.59 bits per heavy atom. The number of halogens is 4. The number of aliphatic carboxylic acids is 1. The molecule has 0 aliphatic heterocycles. The summed E-state index contributed by atoms with van der Waals surface area (Å²) in [6.07, 6.45) is -4.82. The molecule has 0 aromatic heterocycles. The molecule has 1 unspecified atom stereocenters. The van der Waals surface area contributed by atoms with Crippen LogP contribution >= 0.6 is 11.6 Å². The van der Waals surface area contributed by atoms with E-state index in [0.717, 1.165) is 12.1 Å². The van der Waals surface area contributed by atoms with Crippen LogP contribution in [0.3, 0.4) is 0 Å². The van der Waals surface area contributed by atoms with Gasteiger partial charge in [-0.3, -0.25) is 9.52 Å². The number of hydrogen-bond acceptors (Lipinski definition) is 4. The summed E-state index contributed by atoms with van der Waals surface area (Å²) >= 11 is 5.58. The first-order chi connectivity index (χ1) is 17.2. The van der Waals surface area contributed by atoms with Crippen molar-refractivity contribution < 1.29 is 36.3 Å². The maximum absolute atomic E-state index is 13.1. The van der Waals surface area contributed by atoms with Gasteiger partial charge in [0.15, 0.2) is 0 Å². The van der Waals surface area contributed by atoms with E-state index < -0.39 is 49.6 Å². The number of benzene rings is 3. The van der Waals surface area contributed by atoms with Gasteiger partial charge in [-0.1, -0.05) is 49.7 Å². The first-order valence-electron chi connectivity index (χ1n) is 10.8. The van der Waals surface area contributed by atoms with Crippen LogP contribution in [0.15, 0.2) is 71.6 Å². The molecular weight excluding hydrogens is 533 g/mol. The van der Waals surface area contributed by atoms with Gasteiger partial charge < -0.3 is 10.4 Å². The van der Waals surface area contributed by atoms with E-state index in [1.807, 2.05) is 0 Å². The van der Waals surface area contributed by atoms with Crippen molar-refractivity contribution in [2.24, 2.45) is 5.92 Å². The van der Waals surface area contributed by atoms with Gasteiger partial charge in [0.05, 0.1) is 15.5 Å². The number of anilines is 1. The van der Waals surface area contributed by atoms with E-state index in [9.17, 15) is 36.3 Å². The van der Waals surface area contributed by atoms with Crippen LogP contribution in [-0.4, -0.2) is 31.4 Å². The molecule has 196 valence electrons. The number of rotatable bonds is 8. The second-order valence-corrected chi connectivity index (χ2v) is 10.5. The van der Waals surface area contributed by atoms with Crippen molar-refractivity contribution in [3.8, 4) is 11.1 Å². The Morgan fingerprint density at radius 1 is 0.946 bits per heavy atom. The minimum atomic E-state index is -4.82. The van der Waals surface area contributed by atoms with Gasteiger partial charge in [-0.2, -0.15) is 13.2 Å². The monoisotopic (exact) mass is 554 g/mol. The second-order valence-electron chi connectivity index (χ2n) is 8.44. The number of carboxylic acid groups (broad SMARTS) is 1. The summed E-state index contributed by atoms with van der Waals surface area (Å²) < 4.78 is 67.2. The van der Waals surface area contributed by atoms with Crippen LogP contribution in [-0.2, 0) is 21.0 Å². The molecule has 0 saturated heterocycles. The molecule has 3 aromatic rings. The zero-order chi connectivity index (χ0) is 27.5. The molecule has 0 saturated carbocycles. The van der Waals surface area contributed by atoms with Crippen LogP contribution in [0.2, 0.25) is 5.02 Å². The third-order valence-corrected chi connectivity index (χ3v) is 7.08. The van der Waals surface area contributed by atoms with Crippen molar-refractivity contribution in [1.82, 2.24) is 5.32 Å². The average molecular weight is 555 g/mol. The predicted octanol–water partition coefficient (Wildman–Crippen LogP) is 5.67. The quantitative estimate of drug-likeness (QED) is 0.332. The van der Waals surface area contributed by atoms with E-state index in [1.54, 1.807) is 38.1 Å². The largest absolute Gasteiger partial charge is 0.480 e. The van der Waals surface area contributed by atoms with Crippen LogP contribution in [0.4, 0.5) is 18.9 Å². The second kappa shape index (κ2) is 10.8. The van der Waals surface area contributed by atoms with E-state index in [4.69, 9.17) is 11.6 Å². The van der Waals surface area contributed by atoms with Crippen LogP contribution in [0, 0.1) is 5.92 Å².